The van der Waals surface area contributed by atoms with Crippen molar-refractivity contribution in [2.24, 2.45) is 5.41 Å². The van der Waals surface area contributed by atoms with Gasteiger partial charge in [0.25, 0.3) is 11.8 Å². The summed E-state index contributed by atoms with van der Waals surface area (Å²) in [6, 6.07) is 4.42. The van der Waals surface area contributed by atoms with Crippen LogP contribution in [0.3, 0.4) is 0 Å². The SMILES string of the molecule is CN[C@H](C(=O)NC(C(=O)N(C)C/C=C(\C)C(=O)N[C@H](CCC(=O)NCCN1C(=O)C=CC1=O)C(=O)O)C(C)(C)C)C(C)(C)c1cccc(OC)c1. The van der Waals surface area contributed by atoms with Crippen LogP contribution in [0.2, 0.25) is 0 Å². The summed E-state index contributed by atoms with van der Waals surface area (Å²) in [5.74, 6) is -3.62. The highest BCUT2D eigenvalue weighted by molar-refractivity contribution is 6.12. The number of carbonyl (C=O) groups is 7. The number of nitrogens with zero attached hydrogens (tertiary/aromatic N) is 2. The monoisotopic (exact) mass is 712 g/mol. The number of benzene rings is 1. The van der Waals surface area contributed by atoms with E-state index in [2.05, 4.69) is 21.3 Å². The van der Waals surface area contributed by atoms with Gasteiger partial charge in [-0.2, -0.15) is 0 Å². The number of imide groups is 1. The largest absolute Gasteiger partial charge is 0.497 e. The third-order valence-electron chi connectivity index (χ3n) is 8.71. The summed E-state index contributed by atoms with van der Waals surface area (Å²) in [7, 11) is 4.78. The van der Waals surface area contributed by atoms with Crippen LogP contribution in [0.4, 0.5) is 0 Å². The van der Waals surface area contributed by atoms with Crippen molar-refractivity contribution in [3.8, 4) is 5.75 Å². The summed E-state index contributed by atoms with van der Waals surface area (Å²) in [5, 5.41) is 20.6. The fourth-order valence-electron chi connectivity index (χ4n) is 5.41. The molecule has 15 heteroatoms. The Hall–Kier alpha value is -5.05. The van der Waals surface area contributed by atoms with Gasteiger partial charge in [-0.1, -0.05) is 52.8 Å². The molecule has 0 radical (unpaired) electrons. The van der Waals surface area contributed by atoms with Gasteiger partial charge < -0.3 is 36.0 Å². The van der Waals surface area contributed by atoms with E-state index in [0.717, 1.165) is 22.6 Å². The molecule has 1 aromatic rings. The van der Waals surface area contributed by atoms with Crippen LogP contribution in [-0.2, 0) is 39.0 Å². The summed E-state index contributed by atoms with van der Waals surface area (Å²) < 4.78 is 5.36. The first-order valence-corrected chi connectivity index (χ1v) is 16.6. The molecule has 0 fully saturated rings. The molecule has 0 aromatic heterocycles. The maximum atomic E-state index is 13.7. The Morgan fingerprint density at radius 1 is 1.00 bits per heavy atom. The van der Waals surface area contributed by atoms with Gasteiger partial charge in [-0.15, -0.1) is 0 Å². The zero-order valence-electron chi connectivity index (χ0n) is 30.9. The lowest BCUT2D eigenvalue weighted by Crippen LogP contribution is -2.60. The molecule has 1 heterocycles. The van der Waals surface area contributed by atoms with E-state index in [1.54, 1.807) is 14.2 Å². The highest BCUT2D eigenvalue weighted by Gasteiger charge is 2.41. The van der Waals surface area contributed by atoms with Crippen molar-refractivity contribution in [2.45, 2.75) is 77.9 Å². The number of amides is 6. The third-order valence-corrected chi connectivity index (χ3v) is 8.71. The van der Waals surface area contributed by atoms with Gasteiger partial charge in [-0.3, -0.25) is 33.7 Å². The Kier molecular flexibility index (Phi) is 15.1. The Bertz CT molecular complexity index is 1530. The molecule has 280 valence electrons. The number of rotatable bonds is 18. The number of hydrogen-bond acceptors (Lipinski definition) is 9. The lowest BCUT2D eigenvalue weighted by atomic mass is 9.76. The smallest absolute Gasteiger partial charge is 0.326 e. The quantitative estimate of drug-likeness (QED) is 0.107. The van der Waals surface area contributed by atoms with Crippen LogP contribution in [0.5, 0.6) is 5.75 Å². The van der Waals surface area contributed by atoms with Crippen molar-refractivity contribution in [3.05, 3.63) is 53.6 Å². The lowest BCUT2D eigenvalue weighted by Gasteiger charge is -2.38. The molecule has 0 bridgehead atoms. The highest BCUT2D eigenvalue weighted by atomic mass is 16.5. The van der Waals surface area contributed by atoms with E-state index in [0.29, 0.717) is 5.75 Å². The lowest BCUT2D eigenvalue weighted by molar-refractivity contribution is -0.142. The number of methoxy groups -OCH3 is 1. The van der Waals surface area contributed by atoms with Gasteiger partial charge >= 0.3 is 5.97 Å². The van der Waals surface area contributed by atoms with Crippen molar-refractivity contribution in [2.75, 3.05) is 40.8 Å². The van der Waals surface area contributed by atoms with Gasteiger partial charge in [-0.25, -0.2) is 4.79 Å². The second-order valence-electron chi connectivity index (χ2n) is 14.0. The first-order chi connectivity index (χ1) is 23.7. The van der Waals surface area contributed by atoms with E-state index in [4.69, 9.17) is 4.74 Å². The van der Waals surface area contributed by atoms with Crippen LogP contribution in [0.25, 0.3) is 0 Å². The number of hydrogen-bond donors (Lipinski definition) is 5. The van der Waals surface area contributed by atoms with Crippen molar-refractivity contribution in [3.63, 3.8) is 0 Å². The molecule has 0 spiro atoms. The fourth-order valence-corrected chi connectivity index (χ4v) is 5.41. The minimum atomic E-state index is -1.38. The molecule has 6 amide bonds. The molecular weight excluding hydrogens is 660 g/mol. The van der Waals surface area contributed by atoms with Gasteiger partial charge in [-0.05, 0) is 43.5 Å². The van der Waals surface area contributed by atoms with Crippen LogP contribution in [0.15, 0.2) is 48.1 Å². The topological polar surface area (TPSA) is 204 Å². The minimum absolute atomic E-state index is 0.00663. The number of carboxylic acids is 1. The molecule has 2 rings (SSSR count). The summed E-state index contributed by atoms with van der Waals surface area (Å²) in [4.78, 5) is 89.9. The number of likely N-dealkylation sites (N-methyl/N-ethyl adjacent to an activating group) is 2. The standard InChI is InChI=1S/C36H52N6O9/c1-22(31(46)39-25(34(49)50)13-14-26(43)38-18-20-42-27(44)15-16-28(42)45)17-19-41(8)33(48)30(35(2,3)4)40-32(47)29(37-7)36(5,6)23-11-10-12-24(21-23)51-9/h10-12,15-17,21,25,29-30,37H,13-14,18-20H2,1-9H3,(H,38,43)(H,39,46)(H,40,47)(H,49,50)/b22-17+/t25-,29-,30?/m1/s1. The van der Waals surface area contributed by atoms with Gasteiger partial charge in [0.1, 0.15) is 17.8 Å². The van der Waals surface area contributed by atoms with Gasteiger partial charge in [0, 0.05) is 56.2 Å². The first-order valence-electron chi connectivity index (χ1n) is 16.6. The van der Waals surface area contributed by atoms with Crippen molar-refractivity contribution in [1.29, 1.82) is 0 Å². The van der Waals surface area contributed by atoms with Crippen LogP contribution < -0.4 is 26.0 Å². The molecule has 1 aliphatic rings. The summed E-state index contributed by atoms with van der Waals surface area (Å²) in [6.45, 7) is 10.8. The maximum absolute atomic E-state index is 13.7. The fraction of sp³-hybridized carbons (Fsp3) is 0.528. The van der Waals surface area contributed by atoms with E-state index in [-0.39, 0.29) is 44.0 Å². The summed E-state index contributed by atoms with van der Waals surface area (Å²) >= 11 is 0. The number of ether oxygens (including phenoxy) is 1. The minimum Gasteiger partial charge on any atom is -0.497 e. The Morgan fingerprint density at radius 3 is 2.18 bits per heavy atom. The van der Waals surface area contributed by atoms with E-state index >= 15 is 0 Å². The first kappa shape index (κ1) is 42.1. The molecule has 1 aliphatic heterocycles. The highest BCUT2D eigenvalue weighted by Crippen LogP contribution is 2.31. The van der Waals surface area contributed by atoms with E-state index < -0.39 is 64.5 Å². The Morgan fingerprint density at radius 2 is 1.63 bits per heavy atom. The average Bonchev–Trinajstić information content (AvgIpc) is 3.39. The van der Waals surface area contributed by atoms with E-state index in [1.807, 2.05) is 58.9 Å². The second-order valence-corrected chi connectivity index (χ2v) is 14.0. The normalized spacial score (nSPS) is 15.2. The van der Waals surface area contributed by atoms with E-state index in [9.17, 15) is 38.7 Å². The number of carbonyl (C=O) groups excluding carboxylic acids is 6. The maximum Gasteiger partial charge on any atom is 0.326 e. The average molecular weight is 713 g/mol. The zero-order valence-corrected chi connectivity index (χ0v) is 30.9. The van der Waals surface area contributed by atoms with Gasteiger partial charge in [0.15, 0.2) is 0 Å². The molecule has 0 saturated carbocycles. The van der Waals surface area contributed by atoms with Crippen LogP contribution >= 0.6 is 0 Å². The van der Waals surface area contributed by atoms with Crippen molar-refractivity contribution < 1.29 is 43.4 Å². The van der Waals surface area contributed by atoms with Gasteiger partial charge in [0.05, 0.1) is 13.2 Å². The van der Waals surface area contributed by atoms with Crippen molar-refractivity contribution >= 4 is 41.4 Å². The number of carboxylic acid groups (broad SMARTS) is 1. The zero-order chi connectivity index (χ0) is 38.7. The summed E-state index contributed by atoms with van der Waals surface area (Å²) in [5.41, 5.74) is -0.366. The van der Waals surface area contributed by atoms with E-state index in [1.165, 1.54) is 24.9 Å². The Labute approximate surface area is 299 Å². The molecule has 1 aromatic carbocycles. The van der Waals surface area contributed by atoms with Crippen LogP contribution in [0.1, 0.15) is 59.9 Å². The second kappa shape index (κ2) is 18.3. The van der Waals surface area contributed by atoms with Crippen molar-refractivity contribution in [1.82, 2.24) is 31.1 Å². The Balaban J connectivity index is 2.01. The van der Waals surface area contributed by atoms with Gasteiger partial charge in [0.2, 0.25) is 23.6 Å². The molecule has 15 nitrogen and oxygen atoms in total. The number of nitrogens with one attached hydrogen (secondary N) is 4. The molecule has 0 aliphatic carbocycles. The molecule has 3 atom stereocenters. The predicted octanol–water partition coefficient (Wildman–Crippen LogP) is 0.887. The van der Waals surface area contributed by atoms with Crippen LogP contribution in [-0.4, -0.2) is 115 Å². The molecular formula is C36H52N6O9. The molecule has 0 saturated heterocycles. The predicted molar refractivity (Wildman–Crippen MR) is 189 cm³/mol. The third kappa shape index (κ3) is 11.8. The summed E-state index contributed by atoms with van der Waals surface area (Å²) in [6.07, 6.45) is 3.29. The molecule has 5 N–H and O–H groups in total. The molecule has 51 heavy (non-hydrogen) atoms. The number of aliphatic carboxylic acids is 1. The molecule has 1 unspecified atom stereocenters. The van der Waals surface area contributed by atoms with Crippen LogP contribution in [0, 0.1) is 5.41 Å².